The molecule has 2 heteroatoms. The van der Waals surface area contributed by atoms with E-state index in [0.717, 1.165) is 12.0 Å². The number of aryl methyl sites for hydroxylation is 1. The van der Waals surface area contributed by atoms with E-state index in [0.29, 0.717) is 5.69 Å². The average molecular weight is 348 g/mol. The van der Waals surface area contributed by atoms with E-state index in [-0.39, 0.29) is 5.75 Å². The molecule has 0 radical (unpaired) electrons. The first kappa shape index (κ1) is 21.9. The molecule has 0 saturated carbocycles. The summed E-state index contributed by atoms with van der Waals surface area (Å²) in [5.41, 5.74) is 7.55. The summed E-state index contributed by atoms with van der Waals surface area (Å²) >= 11 is 0. The molecule has 0 aromatic heterocycles. The zero-order chi connectivity index (χ0) is 18.2. The van der Waals surface area contributed by atoms with Crippen LogP contribution < -0.4 is 5.73 Å². The summed E-state index contributed by atoms with van der Waals surface area (Å²) < 4.78 is 0. The van der Waals surface area contributed by atoms with Crippen LogP contribution in [0.2, 0.25) is 0 Å². The lowest BCUT2D eigenvalue weighted by Crippen LogP contribution is -1.95. The minimum absolute atomic E-state index is 0.221. The summed E-state index contributed by atoms with van der Waals surface area (Å²) in [6.07, 6.45) is 21.8. The van der Waals surface area contributed by atoms with E-state index in [1.54, 1.807) is 6.07 Å². The highest BCUT2D eigenvalue weighted by atomic mass is 16.3. The number of phenols is 1. The number of hydrogen-bond donors (Lipinski definition) is 2. The van der Waals surface area contributed by atoms with E-state index in [1.807, 2.05) is 12.1 Å². The number of unbranched alkanes of at least 4 members (excludes halogenated alkanes) is 14. The van der Waals surface area contributed by atoms with Gasteiger partial charge >= 0.3 is 0 Å². The largest absolute Gasteiger partial charge is 0.506 e. The topological polar surface area (TPSA) is 46.2 Å². The molecule has 144 valence electrons. The molecule has 0 aliphatic heterocycles. The molecule has 0 atom stereocenters. The fourth-order valence-electron chi connectivity index (χ4n) is 3.50. The Morgan fingerprint density at radius 1 is 0.680 bits per heavy atom. The number of nitrogens with two attached hydrogens (primary N) is 1. The van der Waals surface area contributed by atoms with Crippen molar-refractivity contribution in [3.05, 3.63) is 23.8 Å². The second kappa shape index (κ2) is 15.1. The molecule has 0 spiro atoms. The molecular weight excluding hydrogens is 306 g/mol. The van der Waals surface area contributed by atoms with Gasteiger partial charge in [0.05, 0.1) is 5.69 Å². The van der Waals surface area contributed by atoms with Crippen LogP contribution in [0.5, 0.6) is 5.75 Å². The fraction of sp³-hybridized carbons (Fsp3) is 0.739. The Balaban J connectivity index is 1.82. The molecule has 25 heavy (non-hydrogen) atoms. The van der Waals surface area contributed by atoms with Crippen LogP contribution in [0.25, 0.3) is 0 Å². The van der Waals surface area contributed by atoms with Crippen molar-refractivity contribution < 1.29 is 5.11 Å². The summed E-state index contributed by atoms with van der Waals surface area (Å²) in [5, 5.41) is 9.60. The molecule has 1 aromatic carbocycles. The van der Waals surface area contributed by atoms with Gasteiger partial charge in [0.25, 0.3) is 0 Å². The number of para-hydroxylation sites is 1. The molecule has 0 unspecified atom stereocenters. The molecule has 1 aromatic rings. The quantitative estimate of drug-likeness (QED) is 0.186. The van der Waals surface area contributed by atoms with Gasteiger partial charge in [-0.25, -0.2) is 0 Å². The van der Waals surface area contributed by atoms with Crippen molar-refractivity contribution in [1.82, 2.24) is 0 Å². The minimum atomic E-state index is 0.221. The number of phenolic OH excluding ortho intramolecular Hbond substituents is 1. The van der Waals surface area contributed by atoms with Crippen molar-refractivity contribution >= 4 is 5.69 Å². The van der Waals surface area contributed by atoms with Crippen molar-refractivity contribution in [2.24, 2.45) is 0 Å². The van der Waals surface area contributed by atoms with Crippen LogP contribution >= 0.6 is 0 Å². The summed E-state index contributed by atoms with van der Waals surface area (Å²) in [7, 11) is 0. The number of aromatic hydroxyl groups is 1. The third kappa shape index (κ3) is 11.1. The maximum atomic E-state index is 9.60. The van der Waals surface area contributed by atoms with Gasteiger partial charge in [0.1, 0.15) is 5.75 Å². The van der Waals surface area contributed by atoms with Crippen molar-refractivity contribution in [2.75, 3.05) is 5.73 Å². The molecule has 0 bridgehead atoms. The predicted molar refractivity (Wildman–Crippen MR) is 111 cm³/mol. The summed E-state index contributed by atoms with van der Waals surface area (Å²) in [6, 6.07) is 5.57. The zero-order valence-electron chi connectivity index (χ0n) is 16.6. The molecule has 0 heterocycles. The molecular formula is C23H41NO. The fourth-order valence-corrected chi connectivity index (χ4v) is 3.50. The van der Waals surface area contributed by atoms with Crippen LogP contribution in [-0.4, -0.2) is 5.11 Å². The second-order valence-corrected chi connectivity index (χ2v) is 7.55. The predicted octanol–water partition coefficient (Wildman–Crippen LogP) is 7.39. The third-order valence-electron chi connectivity index (χ3n) is 5.22. The normalized spacial score (nSPS) is 11.1. The molecule has 1 rings (SSSR count). The number of rotatable bonds is 16. The van der Waals surface area contributed by atoms with E-state index >= 15 is 0 Å². The Morgan fingerprint density at radius 3 is 1.60 bits per heavy atom. The van der Waals surface area contributed by atoms with Gasteiger partial charge < -0.3 is 10.8 Å². The number of hydrogen-bond acceptors (Lipinski definition) is 2. The van der Waals surface area contributed by atoms with Gasteiger partial charge in [-0.2, -0.15) is 0 Å². The van der Waals surface area contributed by atoms with Crippen LogP contribution in [0.15, 0.2) is 18.2 Å². The van der Waals surface area contributed by atoms with Gasteiger partial charge in [0.15, 0.2) is 0 Å². The zero-order valence-corrected chi connectivity index (χ0v) is 16.6. The lowest BCUT2D eigenvalue weighted by molar-refractivity contribution is 0.477. The van der Waals surface area contributed by atoms with Crippen molar-refractivity contribution in [3.8, 4) is 5.75 Å². The Bertz CT molecular complexity index is 430. The van der Waals surface area contributed by atoms with Crippen LogP contribution in [0.4, 0.5) is 5.69 Å². The van der Waals surface area contributed by atoms with E-state index in [2.05, 4.69) is 6.92 Å². The molecule has 3 N–H and O–H groups in total. The number of anilines is 1. The highest BCUT2D eigenvalue weighted by Gasteiger charge is 2.03. The van der Waals surface area contributed by atoms with Gasteiger partial charge in [-0.1, -0.05) is 109 Å². The average Bonchev–Trinajstić information content (AvgIpc) is 2.61. The lowest BCUT2D eigenvalue weighted by atomic mass is 10.0. The first-order valence-electron chi connectivity index (χ1n) is 10.8. The Kier molecular flexibility index (Phi) is 13.2. The van der Waals surface area contributed by atoms with Gasteiger partial charge in [-0.05, 0) is 24.5 Å². The van der Waals surface area contributed by atoms with E-state index < -0.39 is 0 Å². The molecule has 0 saturated heterocycles. The highest BCUT2D eigenvalue weighted by Crippen LogP contribution is 2.25. The first-order chi connectivity index (χ1) is 12.3. The summed E-state index contributed by atoms with van der Waals surface area (Å²) in [4.78, 5) is 0. The van der Waals surface area contributed by atoms with Crippen molar-refractivity contribution in [3.63, 3.8) is 0 Å². The van der Waals surface area contributed by atoms with E-state index in [9.17, 15) is 5.11 Å². The first-order valence-corrected chi connectivity index (χ1v) is 10.8. The maximum absolute atomic E-state index is 9.60. The lowest BCUT2D eigenvalue weighted by Gasteiger charge is -2.07. The maximum Gasteiger partial charge on any atom is 0.138 e. The Labute approximate surface area is 156 Å². The highest BCUT2D eigenvalue weighted by molar-refractivity contribution is 5.57. The summed E-state index contributed by atoms with van der Waals surface area (Å²) in [5.74, 6) is 0.221. The second-order valence-electron chi connectivity index (χ2n) is 7.55. The van der Waals surface area contributed by atoms with Crippen LogP contribution in [0.1, 0.15) is 109 Å². The standard InChI is InChI=1S/C23H41NO/c1-2-3-4-5-6-7-8-9-10-11-12-13-14-15-16-18-21-19-17-20-22(25)23(21)24/h17,19-20,25H,2-16,18,24H2,1H3. The van der Waals surface area contributed by atoms with Crippen molar-refractivity contribution in [2.45, 2.75) is 110 Å². The van der Waals surface area contributed by atoms with Gasteiger partial charge in [0, 0.05) is 0 Å². The molecule has 0 aliphatic rings. The van der Waals surface area contributed by atoms with Crippen molar-refractivity contribution in [1.29, 1.82) is 0 Å². The van der Waals surface area contributed by atoms with Crippen LogP contribution in [0, 0.1) is 0 Å². The smallest absolute Gasteiger partial charge is 0.138 e. The van der Waals surface area contributed by atoms with E-state index in [1.165, 1.54) is 96.3 Å². The molecule has 0 aliphatic carbocycles. The summed E-state index contributed by atoms with van der Waals surface area (Å²) in [6.45, 7) is 2.28. The SMILES string of the molecule is CCCCCCCCCCCCCCCCCc1cccc(O)c1N. The van der Waals surface area contributed by atoms with Gasteiger partial charge in [-0.15, -0.1) is 0 Å². The van der Waals surface area contributed by atoms with Crippen LogP contribution in [-0.2, 0) is 6.42 Å². The number of nitrogen functional groups attached to an aromatic ring is 1. The monoisotopic (exact) mass is 347 g/mol. The number of benzene rings is 1. The Morgan fingerprint density at radius 2 is 1.12 bits per heavy atom. The Hall–Kier alpha value is -1.18. The third-order valence-corrected chi connectivity index (χ3v) is 5.22. The molecule has 0 fully saturated rings. The van der Waals surface area contributed by atoms with Crippen LogP contribution in [0.3, 0.4) is 0 Å². The minimum Gasteiger partial charge on any atom is -0.506 e. The van der Waals surface area contributed by atoms with Gasteiger partial charge in [0.2, 0.25) is 0 Å². The molecule has 2 nitrogen and oxygen atoms in total. The molecule has 0 amide bonds. The van der Waals surface area contributed by atoms with E-state index in [4.69, 9.17) is 5.73 Å². The van der Waals surface area contributed by atoms with Gasteiger partial charge in [-0.3, -0.25) is 0 Å².